The molecule has 0 saturated carbocycles. The van der Waals surface area contributed by atoms with Crippen LogP contribution in [0.5, 0.6) is 11.5 Å². The van der Waals surface area contributed by atoms with Gasteiger partial charge < -0.3 is 9.47 Å². The van der Waals surface area contributed by atoms with Gasteiger partial charge in [0.05, 0.1) is 18.9 Å². The zero-order valence-electron chi connectivity index (χ0n) is 16.3. The Bertz CT molecular complexity index is 1090. The minimum Gasteiger partial charge on any atom is -0.497 e. The van der Waals surface area contributed by atoms with Crippen molar-refractivity contribution in [2.45, 2.75) is 25.6 Å². The molecule has 3 aromatic rings. The van der Waals surface area contributed by atoms with Gasteiger partial charge in [-0.25, -0.2) is 5.01 Å². The van der Waals surface area contributed by atoms with Crippen molar-refractivity contribution in [1.29, 1.82) is 0 Å². The fourth-order valence-electron chi connectivity index (χ4n) is 3.99. The summed E-state index contributed by atoms with van der Waals surface area (Å²) in [6.45, 7) is 2.08. The zero-order chi connectivity index (χ0) is 20.0. The van der Waals surface area contributed by atoms with Crippen molar-refractivity contribution in [2.75, 3.05) is 7.11 Å². The molecule has 29 heavy (non-hydrogen) atoms. The molecule has 0 fully saturated rings. The summed E-state index contributed by atoms with van der Waals surface area (Å²) in [5.74, 6) is 1.69. The van der Waals surface area contributed by atoms with Crippen molar-refractivity contribution in [2.24, 2.45) is 5.10 Å². The summed E-state index contributed by atoms with van der Waals surface area (Å²) in [6, 6.07) is 22.4. The summed E-state index contributed by atoms with van der Waals surface area (Å²) >= 11 is 6.30. The molecular formula is C24H21ClN2O2. The van der Waals surface area contributed by atoms with Gasteiger partial charge in [0.25, 0.3) is 0 Å². The predicted molar refractivity (Wildman–Crippen MR) is 115 cm³/mol. The number of nitrogens with zero attached hydrogens (tertiary/aromatic N) is 2. The second-order valence-corrected chi connectivity index (χ2v) is 7.88. The van der Waals surface area contributed by atoms with Gasteiger partial charge in [0.1, 0.15) is 11.5 Å². The maximum absolute atomic E-state index is 6.39. The zero-order valence-corrected chi connectivity index (χ0v) is 17.1. The summed E-state index contributed by atoms with van der Waals surface area (Å²) < 4.78 is 11.8. The number of ether oxygens (including phenoxy) is 2. The topological polar surface area (TPSA) is 34.1 Å². The molecule has 146 valence electrons. The Balaban J connectivity index is 1.59. The molecule has 0 unspecified atom stereocenters. The Morgan fingerprint density at radius 3 is 2.69 bits per heavy atom. The van der Waals surface area contributed by atoms with Gasteiger partial charge in [-0.1, -0.05) is 53.6 Å². The van der Waals surface area contributed by atoms with Gasteiger partial charge in [0, 0.05) is 28.1 Å². The first-order chi connectivity index (χ1) is 14.1. The van der Waals surface area contributed by atoms with Crippen LogP contribution in [0.3, 0.4) is 0 Å². The second kappa shape index (κ2) is 7.12. The van der Waals surface area contributed by atoms with Crippen molar-refractivity contribution in [3.63, 3.8) is 0 Å². The molecule has 5 heteroatoms. The summed E-state index contributed by atoms with van der Waals surface area (Å²) in [5.41, 5.74) is 5.45. The van der Waals surface area contributed by atoms with Crippen LogP contribution in [-0.2, 0) is 0 Å². The second-order valence-electron chi connectivity index (χ2n) is 7.44. The SMILES string of the molecule is COc1cccc(C2=NN3[C@H](C2)c2cc(Cl)ccc2O[C@H]3c2ccc(C)cc2)c1. The Hall–Kier alpha value is -2.98. The highest BCUT2D eigenvalue weighted by Gasteiger charge is 2.41. The number of hydrogen-bond acceptors (Lipinski definition) is 4. The Morgan fingerprint density at radius 1 is 1.07 bits per heavy atom. The Morgan fingerprint density at radius 2 is 1.90 bits per heavy atom. The largest absolute Gasteiger partial charge is 0.497 e. The number of methoxy groups -OCH3 is 1. The van der Waals surface area contributed by atoms with Crippen LogP contribution < -0.4 is 9.47 Å². The third-order valence-corrected chi connectivity index (χ3v) is 5.75. The molecule has 2 atom stereocenters. The van der Waals surface area contributed by atoms with E-state index in [1.54, 1.807) is 7.11 Å². The van der Waals surface area contributed by atoms with Gasteiger partial charge in [-0.2, -0.15) is 5.10 Å². The minimum atomic E-state index is -0.280. The number of fused-ring (bicyclic) bond motifs is 3. The monoisotopic (exact) mass is 404 g/mol. The van der Waals surface area contributed by atoms with Gasteiger partial charge in [0.2, 0.25) is 6.23 Å². The molecule has 5 rings (SSSR count). The summed E-state index contributed by atoms with van der Waals surface area (Å²) in [7, 11) is 1.68. The predicted octanol–water partition coefficient (Wildman–Crippen LogP) is 5.90. The normalized spacial score (nSPS) is 19.8. The van der Waals surface area contributed by atoms with Gasteiger partial charge >= 0.3 is 0 Å². The molecule has 0 amide bonds. The summed E-state index contributed by atoms with van der Waals surface area (Å²) in [6.07, 6.45) is 0.504. The van der Waals surface area contributed by atoms with Crippen LogP contribution in [0.15, 0.2) is 71.8 Å². The molecule has 4 nitrogen and oxygen atoms in total. The van der Waals surface area contributed by atoms with E-state index in [9.17, 15) is 0 Å². The Labute approximate surface area is 175 Å². The van der Waals surface area contributed by atoms with E-state index in [-0.39, 0.29) is 12.3 Å². The molecule has 0 bridgehead atoms. The van der Waals surface area contributed by atoms with E-state index in [4.69, 9.17) is 26.2 Å². The number of benzene rings is 3. The highest BCUT2D eigenvalue weighted by atomic mass is 35.5. The van der Waals surface area contributed by atoms with Gasteiger partial charge in [0.15, 0.2) is 0 Å². The van der Waals surface area contributed by atoms with Crippen LogP contribution in [0.1, 0.15) is 40.9 Å². The van der Waals surface area contributed by atoms with Crippen LogP contribution in [0.25, 0.3) is 0 Å². The van der Waals surface area contributed by atoms with Crippen molar-refractivity contribution in [1.82, 2.24) is 5.01 Å². The van der Waals surface area contributed by atoms with Crippen LogP contribution in [0, 0.1) is 6.92 Å². The third kappa shape index (κ3) is 3.23. The smallest absolute Gasteiger partial charge is 0.213 e. The number of aryl methyl sites for hydroxylation is 1. The maximum Gasteiger partial charge on any atom is 0.213 e. The molecule has 0 saturated heterocycles. The molecule has 2 aliphatic heterocycles. The lowest BCUT2D eigenvalue weighted by atomic mass is 9.95. The van der Waals surface area contributed by atoms with Crippen LogP contribution in [0.2, 0.25) is 5.02 Å². The van der Waals surface area contributed by atoms with Crippen molar-refractivity contribution < 1.29 is 9.47 Å². The Kier molecular flexibility index (Phi) is 4.44. The van der Waals surface area contributed by atoms with E-state index in [1.165, 1.54) is 5.56 Å². The molecule has 0 N–H and O–H groups in total. The van der Waals surface area contributed by atoms with E-state index < -0.39 is 0 Å². The van der Waals surface area contributed by atoms with Crippen LogP contribution >= 0.6 is 11.6 Å². The first-order valence-electron chi connectivity index (χ1n) is 9.65. The van der Waals surface area contributed by atoms with Gasteiger partial charge in [-0.05, 0) is 37.3 Å². The van der Waals surface area contributed by atoms with Crippen LogP contribution in [-0.4, -0.2) is 17.8 Å². The minimum absolute atomic E-state index is 0.0740. The van der Waals surface area contributed by atoms with Gasteiger partial charge in [-0.3, -0.25) is 0 Å². The van der Waals surface area contributed by atoms with E-state index in [2.05, 4.69) is 42.3 Å². The molecule has 0 spiro atoms. The fourth-order valence-corrected chi connectivity index (χ4v) is 4.17. The van der Waals surface area contributed by atoms with E-state index >= 15 is 0 Å². The van der Waals surface area contributed by atoms with Gasteiger partial charge in [-0.15, -0.1) is 0 Å². The summed E-state index contributed by atoms with van der Waals surface area (Å²) in [5, 5.41) is 7.76. The molecule has 2 aliphatic rings. The number of rotatable bonds is 3. The molecule has 0 radical (unpaired) electrons. The number of halogens is 1. The van der Waals surface area contributed by atoms with E-state index in [1.807, 2.05) is 36.4 Å². The standard InChI is InChI=1S/C24H21ClN2O2/c1-15-6-8-16(9-7-15)24-27-22(20-13-18(25)10-11-23(20)29-24)14-21(26-27)17-4-3-5-19(12-17)28-2/h3-13,22,24H,14H2,1-2H3/t22-,24+/m1/s1. The molecule has 0 aromatic heterocycles. The number of hydrazone groups is 1. The highest BCUT2D eigenvalue weighted by Crippen LogP contribution is 2.48. The summed E-state index contributed by atoms with van der Waals surface area (Å²) in [4.78, 5) is 0. The average molecular weight is 405 g/mol. The van der Waals surface area contributed by atoms with Crippen molar-refractivity contribution >= 4 is 17.3 Å². The quantitative estimate of drug-likeness (QED) is 0.545. The highest BCUT2D eigenvalue weighted by molar-refractivity contribution is 6.30. The molecule has 0 aliphatic carbocycles. The molecule has 3 aromatic carbocycles. The first-order valence-corrected chi connectivity index (χ1v) is 10.0. The number of hydrogen-bond donors (Lipinski definition) is 0. The van der Waals surface area contributed by atoms with Crippen LogP contribution in [0.4, 0.5) is 0 Å². The lowest BCUT2D eigenvalue weighted by molar-refractivity contribution is -0.0190. The third-order valence-electron chi connectivity index (χ3n) is 5.52. The van der Waals surface area contributed by atoms with Crippen molar-refractivity contribution in [3.8, 4) is 11.5 Å². The lowest BCUT2D eigenvalue weighted by Gasteiger charge is -2.38. The molecule has 2 heterocycles. The molecular weight excluding hydrogens is 384 g/mol. The average Bonchev–Trinajstić information content (AvgIpc) is 3.20. The van der Waals surface area contributed by atoms with E-state index in [0.717, 1.165) is 40.3 Å². The van der Waals surface area contributed by atoms with E-state index in [0.29, 0.717) is 5.02 Å². The lowest BCUT2D eigenvalue weighted by Crippen LogP contribution is -2.33. The maximum atomic E-state index is 6.39. The fraction of sp³-hybridized carbons (Fsp3) is 0.208. The van der Waals surface area contributed by atoms with Crippen molar-refractivity contribution in [3.05, 3.63) is 94.0 Å². The first kappa shape index (κ1) is 18.1.